The van der Waals surface area contributed by atoms with Crippen molar-refractivity contribution < 1.29 is 19.1 Å². The van der Waals surface area contributed by atoms with Crippen molar-refractivity contribution in [1.29, 1.82) is 0 Å². The van der Waals surface area contributed by atoms with Crippen molar-refractivity contribution >= 4 is 29.1 Å². The molecule has 0 aromatic heterocycles. The van der Waals surface area contributed by atoms with Crippen molar-refractivity contribution in [2.45, 2.75) is 27.2 Å². The number of carbonyl (C=O) groups excluding carboxylic acids is 2. The number of hydrogen-bond donors (Lipinski definition) is 2. The third-order valence-corrected chi connectivity index (χ3v) is 4.35. The fourth-order valence-corrected chi connectivity index (χ4v) is 2.69. The highest BCUT2D eigenvalue weighted by Crippen LogP contribution is 2.28. The van der Waals surface area contributed by atoms with Gasteiger partial charge in [-0.15, -0.1) is 0 Å². The summed E-state index contributed by atoms with van der Waals surface area (Å²) in [6, 6.07) is 10.7. The number of amides is 2. The largest absolute Gasteiger partial charge is 0.490 e. The van der Waals surface area contributed by atoms with E-state index in [-0.39, 0.29) is 0 Å². The maximum absolute atomic E-state index is 12.0. The monoisotopic (exact) mass is 404 g/mol. The second kappa shape index (κ2) is 10.6. The SMILES string of the molecule is CCOc1ccc(CCNC(=O)C(=O)Nc2ccc(C)c(Cl)c2)cc1OCC. The van der Waals surface area contributed by atoms with Gasteiger partial charge in [0.05, 0.1) is 13.2 Å². The first kappa shape index (κ1) is 21.6. The standard InChI is InChI=1S/C21H25ClN2O4/c1-4-27-18-9-7-15(12-19(18)28-5-2)10-11-23-20(25)21(26)24-16-8-6-14(3)17(22)13-16/h6-9,12-13H,4-5,10-11H2,1-3H3,(H,23,25)(H,24,26). The lowest BCUT2D eigenvalue weighted by atomic mass is 10.1. The van der Waals surface area contributed by atoms with E-state index in [1.807, 2.05) is 39.0 Å². The van der Waals surface area contributed by atoms with Crippen LogP contribution in [-0.4, -0.2) is 31.6 Å². The Hall–Kier alpha value is -2.73. The summed E-state index contributed by atoms with van der Waals surface area (Å²) in [5.41, 5.74) is 2.34. The van der Waals surface area contributed by atoms with Crippen LogP contribution in [0.4, 0.5) is 5.69 Å². The zero-order chi connectivity index (χ0) is 20.5. The Morgan fingerprint density at radius 1 is 0.964 bits per heavy atom. The van der Waals surface area contributed by atoms with E-state index in [1.165, 1.54) is 0 Å². The highest BCUT2D eigenvalue weighted by atomic mass is 35.5. The van der Waals surface area contributed by atoms with Crippen molar-refractivity contribution in [1.82, 2.24) is 5.32 Å². The third-order valence-electron chi connectivity index (χ3n) is 3.94. The molecule has 0 saturated heterocycles. The molecule has 0 bridgehead atoms. The van der Waals surface area contributed by atoms with Gasteiger partial charge >= 0.3 is 11.8 Å². The lowest BCUT2D eigenvalue weighted by Crippen LogP contribution is -2.36. The summed E-state index contributed by atoms with van der Waals surface area (Å²) in [5.74, 6) is -0.0790. The lowest BCUT2D eigenvalue weighted by Gasteiger charge is -2.12. The number of halogens is 1. The van der Waals surface area contributed by atoms with Gasteiger partial charge in [0.2, 0.25) is 0 Å². The third kappa shape index (κ3) is 6.16. The minimum atomic E-state index is -0.735. The van der Waals surface area contributed by atoms with Gasteiger partial charge in [-0.3, -0.25) is 9.59 Å². The van der Waals surface area contributed by atoms with Gasteiger partial charge in [0, 0.05) is 17.3 Å². The van der Waals surface area contributed by atoms with Gasteiger partial charge in [-0.1, -0.05) is 23.7 Å². The van der Waals surface area contributed by atoms with Gasteiger partial charge in [0.25, 0.3) is 0 Å². The van der Waals surface area contributed by atoms with Gasteiger partial charge < -0.3 is 20.1 Å². The van der Waals surface area contributed by atoms with Crippen molar-refractivity contribution in [2.24, 2.45) is 0 Å². The fourth-order valence-electron chi connectivity index (χ4n) is 2.51. The van der Waals surface area contributed by atoms with Gasteiger partial charge in [-0.05, 0) is 62.6 Å². The van der Waals surface area contributed by atoms with E-state index < -0.39 is 11.8 Å². The Morgan fingerprint density at radius 3 is 2.36 bits per heavy atom. The van der Waals surface area contributed by atoms with E-state index in [0.717, 1.165) is 11.1 Å². The van der Waals surface area contributed by atoms with E-state index in [1.54, 1.807) is 18.2 Å². The number of rotatable bonds is 8. The van der Waals surface area contributed by atoms with Crippen molar-refractivity contribution in [3.05, 3.63) is 52.5 Å². The molecule has 150 valence electrons. The first-order valence-corrected chi connectivity index (χ1v) is 9.56. The first-order valence-electron chi connectivity index (χ1n) is 9.18. The van der Waals surface area contributed by atoms with E-state index in [4.69, 9.17) is 21.1 Å². The minimum absolute atomic E-state index is 0.320. The quantitative estimate of drug-likeness (QED) is 0.657. The summed E-state index contributed by atoms with van der Waals surface area (Å²) >= 11 is 6.02. The first-order chi connectivity index (χ1) is 13.4. The summed E-state index contributed by atoms with van der Waals surface area (Å²) in [6.07, 6.45) is 0.557. The summed E-state index contributed by atoms with van der Waals surface area (Å²) < 4.78 is 11.1. The normalized spacial score (nSPS) is 10.3. The van der Waals surface area contributed by atoms with E-state index in [9.17, 15) is 9.59 Å². The molecular formula is C21H25ClN2O4. The second-order valence-corrected chi connectivity index (χ2v) is 6.48. The van der Waals surface area contributed by atoms with E-state index in [0.29, 0.717) is 48.4 Å². The highest BCUT2D eigenvalue weighted by molar-refractivity contribution is 6.39. The van der Waals surface area contributed by atoms with Crippen LogP contribution in [-0.2, 0) is 16.0 Å². The Kier molecular flexibility index (Phi) is 8.14. The molecule has 0 aliphatic heterocycles. The predicted molar refractivity (Wildman–Crippen MR) is 110 cm³/mol. The van der Waals surface area contributed by atoms with Crippen LogP contribution in [0.5, 0.6) is 11.5 Å². The van der Waals surface area contributed by atoms with Crippen LogP contribution in [0.15, 0.2) is 36.4 Å². The predicted octanol–water partition coefficient (Wildman–Crippen LogP) is 3.74. The molecule has 0 atom stereocenters. The summed E-state index contributed by atoms with van der Waals surface area (Å²) in [4.78, 5) is 24.0. The molecular weight excluding hydrogens is 380 g/mol. The molecule has 0 radical (unpaired) electrons. The molecule has 2 N–H and O–H groups in total. The van der Waals surface area contributed by atoms with Crippen molar-refractivity contribution in [3.8, 4) is 11.5 Å². The molecule has 0 saturated carbocycles. The number of benzene rings is 2. The Balaban J connectivity index is 1.87. The van der Waals surface area contributed by atoms with Crippen LogP contribution in [0, 0.1) is 6.92 Å². The Bertz CT molecular complexity index is 839. The molecule has 0 spiro atoms. The lowest BCUT2D eigenvalue weighted by molar-refractivity contribution is -0.136. The van der Waals surface area contributed by atoms with Gasteiger partial charge in [0.15, 0.2) is 11.5 Å². The zero-order valence-electron chi connectivity index (χ0n) is 16.3. The zero-order valence-corrected chi connectivity index (χ0v) is 17.1. The molecule has 7 heteroatoms. The molecule has 0 aliphatic carbocycles. The smallest absolute Gasteiger partial charge is 0.313 e. The molecule has 2 rings (SSSR count). The van der Waals surface area contributed by atoms with Crippen LogP contribution in [0.25, 0.3) is 0 Å². The van der Waals surface area contributed by atoms with Crippen molar-refractivity contribution in [3.63, 3.8) is 0 Å². The molecule has 0 fully saturated rings. The second-order valence-electron chi connectivity index (χ2n) is 6.07. The maximum Gasteiger partial charge on any atom is 0.313 e. The Labute approximate surface area is 170 Å². The number of carbonyl (C=O) groups is 2. The summed E-state index contributed by atoms with van der Waals surface area (Å²) in [6.45, 7) is 7.08. The highest BCUT2D eigenvalue weighted by Gasteiger charge is 2.14. The Morgan fingerprint density at radius 2 is 1.68 bits per heavy atom. The average Bonchev–Trinajstić information content (AvgIpc) is 2.67. The molecule has 0 aliphatic rings. The van der Waals surface area contributed by atoms with Gasteiger partial charge in [-0.25, -0.2) is 0 Å². The molecule has 2 aromatic carbocycles. The topological polar surface area (TPSA) is 76.7 Å². The molecule has 6 nitrogen and oxygen atoms in total. The molecule has 0 unspecified atom stereocenters. The van der Waals surface area contributed by atoms with Gasteiger partial charge in [-0.2, -0.15) is 0 Å². The average molecular weight is 405 g/mol. The van der Waals surface area contributed by atoms with E-state index >= 15 is 0 Å². The number of hydrogen-bond acceptors (Lipinski definition) is 4. The van der Waals surface area contributed by atoms with E-state index in [2.05, 4.69) is 10.6 Å². The van der Waals surface area contributed by atoms with Crippen LogP contribution < -0.4 is 20.1 Å². The summed E-state index contributed by atoms with van der Waals surface area (Å²) in [7, 11) is 0. The minimum Gasteiger partial charge on any atom is -0.490 e. The molecule has 28 heavy (non-hydrogen) atoms. The molecule has 2 amide bonds. The van der Waals surface area contributed by atoms with Gasteiger partial charge in [0.1, 0.15) is 0 Å². The molecule has 0 heterocycles. The van der Waals surface area contributed by atoms with Crippen LogP contribution in [0.1, 0.15) is 25.0 Å². The summed E-state index contributed by atoms with van der Waals surface area (Å²) in [5, 5.41) is 5.67. The van der Waals surface area contributed by atoms with Crippen LogP contribution in [0.2, 0.25) is 5.02 Å². The molecule has 2 aromatic rings. The fraction of sp³-hybridized carbons (Fsp3) is 0.333. The number of anilines is 1. The maximum atomic E-state index is 12.0. The van der Waals surface area contributed by atoms with Crippen LogP contribution >= 0.6 is 11.6 Å². The number of aryl methyl sites for hydroxylation is 1. The number of nitrogens with one attached hydrogen (secondary N) is 2. The van der Waals surface area contributed by atoms with Crippen molar-refractivity contribution in [2.75, 3.05) is 25.1 Å². The number of ether oxygens (including phenoxy) is 2. The van der Waals surface area contributed by atoms with Crippen LogP contribution in [0.3, 0.4) is 0 Å².